The summed E-state index contributed by atoms with van der Waals surface area (Å²) in [5, 5.41) is 7.25. The number of nitrogens with zero attached hydrogens (tertiary/aromatic N) is 3. The second-order valence-corrected chi connectivity index (χ2v) is 7.05. The topological polar surface area (TPSA) is 72.4 Å². The number of ether oxygens (including phenoxy) is 1. The van der Waals surface area contributed by atoms with Crippen molar-refractivity contribution in [2.75, 3.05) is 6.61 Å². The summed E-state index contributed by atoms with van der Waals surface area (Å²) in [4.78, 5) is 0.253. The zero-order chi connectivity index (χ0) is 17.4. The molecule has 1 aromatic heterocycles. The summed E-state index contributed by atoms with van der Waals surface area (Å²) in [5.74, 6) is -0.274. The molecule has 1 aromatic carbocycles. The van der Waals surface area contributed by atoms with Crippen LogP contribution in [-0.2, 0) is 23.1 Å². The number of fused-ring (bicyclic) bond motifs is 1. The van der Waals surface area contributed by atoms with E-state index in [1.807, 2.05) is 0 Å². The molecule has 0 bridgehead atoms. The summed E-state index contributed by atoms with van der Waals surface area (Å²) < 4.78 is 66.7. The van der Waals surface area contributed by atoms with E-state index in [9.17, 15) is 21.6 Å². The number of hydrogen-bond acceptors (Lipinski definition) is 5. The summed E-state index contributed by atoms with van der Waals surface area (Å²) in [6.07, 6.45) is -4.46. The van der Waals surface area contributed by atoms with Crippen molar-refractivity contribution in [1.29, 1.82) is 0 Å². The highest BCUT2D eigenvalue weighted by Crippen LogP contribution is 2.30. The minimum atomic E-state index is -4.46. The summed E-state index contributed by atoms with van der Waals surface area (Å²) >= 11 is 0. The smallest absolute Gasteiger partial charge is 0.422 e. The Balaban J connectivity index is 1.69. The molecule has 0 unspecified atom stereocenters. The Morgan fingerprint density at radius 2 is 1.88 bits per heavy atom. The van der Waals surface area contributed by atoms with E-state index in [0.717, 1.165) is 0 Å². The second kappa shape index (κ2) is 6.02. The lowest BCUT2D eigenvalue weighted by Crippen LogP contribution is -2.24. The Hall–Kier alpha value is -2.20. The van der Waals surface area contributed by atoms with E-state index < -0.39 is 22.8 Å². The predicted molar refractivity (Wildman–Crippen MR) is 76.5 cm³/mol. The number of sulfonamides is 1. The van der Waals surface area contributed by atoms with Gasteiger partial charge in [0.1, 0.15) is 0 Å². The highest BCUT2D eigenvalue weighted by Gasteiger charge is 2.34. The van der Waals surface area contributed by atoms with E-state index in [1.165, 1.54) is 22.5 Å². The Bertz CT molecular complexity index is 838. The molecule has 2 aromatic rings. The lowest BCUT2D eigenvalue weighted by atomic mass is 10.2. The summed E-state index contributed by atoms with van der Waals surface area (Å²) in [7, 11) is -3.60. The van der Waals surface area contributed by atoms with Crippen LogP contribution in [0.4, 0.5) is 13.2 Å². The molecule has 0 saturated carbocycles. The van der Waals surface area contributed by atoms with Crippen molar-refractivity contribution in [3.63, 3.8) is 0 Å². The van der Waals surface area contributed by atoms with Crippen LogP contribution in [0.15, 0.2) is 41.3 Å². The van der Waals surface area contributed by atoms with Crippen LogP contribution in [0.5, 0.6) is 5.88 Å². The molecule has 3 rings (SSSR count). The lowest BCUT2D eigenvalue weighted by molar-refractivity contribution is -0.154. The second-order valence-electron chi connectivity index (χ2n) is 5.15. The van der Waals surface area contributed by atoms with Crippen LogP contribution in [-0.4, -0.2) is 35.7 Å². The molecule has 0 fully saturated rings. The first-order valence-electron chi connectivity index (χ1n) is 6.86. The average Bonchev–Trinajstić information content (AvgIpc) is 2.77. The third-order valence-corrected chi connectivity index (χ3v) is 5.25. The van der Waals surface area contributed by atoms with Crippen LogP contribution in [0.25, 0.3) is 0 Å². The molecule has 1 aliphatic rings. The molecule has 0 amide bonds. The maximum Gasteiger partial charge on any atom is 0.422 e. The Labute approximate surface area is 135 Å². The molecule has 0 N–H and O–H groups in total. The third-order valence-electron chi connectivity index (χ3n) is 3.35. The van der Waals surface area contributed by atoms with E-state index in [2.05, 4.69) is 14.9 Å². The quantitative estimate of drug-likeness (QED) is 0.836. The van der Waals surface area contributed by atoms with Crippen molar-refractivity contribution < 1.29 is 26.3 Å². The van der Waals surface area contributed by atoms with Gasteiger partial charge in [-0.15, -0.1) is 5.10 Å². The zero-order valence-corrected chi connectivity index (χ0v) is 13.0. The van der Waals surface area contributed by atoms with Crippen molar-refractivity contribution >= 4 is 10.0 Å². The van der Waals surface area contributed by atoms with E-state index in [1.54, 1.807) is 18.2 Å². The Morgan fingerprint density at radius 3 is 2.50 bits per heavy atom. The molecule has 6 nitrogen and oxygen atoms in total. The number of alkyl halides is 3. The first kappa shape index (κ1) is 16.7. The zero-order valence-electron chi connectivity index (χ0n) is 12.2. The van der Waals surface area contributed by atoms with Gasteiger partial charge in [-0.3, -0.25) is 0 Å². The minimum Gasteiger partial charge on any atom is -0.467 e. The van der Waals surface area contributed by atoms with Gasteiger partial charge < -0.3 is 4.74 Å². The van der Waals surface area contributed by atoms with Gasteiger partial charge in [0.25, 0.3) is 0 Å². The fraction of sp³-hybridized carbons (Fsp3) is 0.286. The van der Waals surface area contributed by atoms with Crippen LogP contribution < -0.4 is 4.74 Å². The van der Waals surface area contributed by atoms with Gasteiger partial charge in [0.05, 0.1) is 17.1 Å². The number of aromatic nitrogens is 2. The van der Waals surface area contributed by atoms with Crippen molar-refractivity contribution in [2.45, 2.75) is 24.2 Å². The van der Waals surface area contributed by atoms with Gasteiger partial charge in [-0.25, -0.2) is 8.42 Å². The maximum atomic E-state index is 12.4. The molecular formula is C14H12F3N3O3S. The van der Waals surface area contributed by atoms with Crippen LogP contribution in [0.3, 0.4) is 0 Å². The lowest BCUT2D eigenvalue weighted by Gasteiger charge is -2.13. The number of benzene rings is 1. The Kier molecular flexibility index (Phi) is 4.18. The van der Waals surface area contributed by atoms with Crippen molar-refractivity contribution in [3.05, 3.63) is 47.7 Å². The van der Waals surface area contributed by atoms with Crippen LogP contribution in [0.1, 0.15) is 11.3 Å². The molecule has 24 heavy (non-hydrogen) atoms. The number of hydrogen-bond donors (Lipinski definition) is 0. The standard InChI is InChI=1S/C14H12F3N3O3S/c15-14(16,17)9-23-13-6-5-11(18-19-13)8-20-7-10-3-1-2-4-12(10)24(20,21)22/h1-6H,7-9H2. The molecular weight excluding hydrogens is 347 g/mol. The van der Waals surface area contributed by atoms with Crippen LogP contribution >= 0.6 is 0 Å². The highest BCUT2D eigenvalue weighted by molar-refractivity contribution is 7.89. The van der Waals surface area contributed by atoms with Gasteiger partial charge in [0.15, 0.2) is 6.61 Å². The van der Waals surface area contributed by atoms with Gasteiger partial charge in [-0.1, -0.05) is 18.2 Å². The van der Waals surface area contributed by atoms with Gasteiger partial charge >= 0.3 is 6.18 Å². The van der Waals surface area contributed by atoms with Gasteiger partial charge in [-0.05, 0) is 17.7 Å². The molecule has 10 heteroatoms. The fourth-order valence-corrected chi connectivity index (χ4v) is 3.89. The van der Waals surface area contributed by atoms with Crippen molar-refractivity contribution in [1.82, 2.24) is 14.5 Å². The van der Waals surface area contributed by atoms with Crippen LogP contribution in [0, 0.1) is 0 Å². The minimum absolute atomic E-state index is 0.0242. The predicted octanol–water partition coefficient (Wildman–Crippen LogP) is 2.12. The molecule has 128 valence electrons. The third kappa shape index (κ3) is 3.49. The molecule has 0 spiro atoms. The van der Waals surface area contributed by atoms with Gasteiger partial charge in [0, 0.05) is 12.6 Å². The van der Waals surface area contributed by atoms with E-state index >= 15 is 0 Å². The average molecular weight is 359 g/mol. The highest BCUT2D eigenvalue weighted by atomic mass is 32.2. The molecule has 0 aliphatic carbocycles. The SMILES string of the molecule is O=S1(=O)c2ccccc2CN1Cc1ccc(OCC(F)(F)F)nn1. The largest absolute Gasteiger partial charge is 0.467 e. The molecule has 0 radical (unpaired) electrons. The molecule has 1 aliphatic heterocycles. The van der Waals surface area contributed by atoms with Gasteiger partial charge in [0.2, 0.25) is 15.9 Å². The summed E-state index contributed by atoms with van der Waals surface area (Å²) in [6, 6.07) is 9.27. The summed E-state index contributed by atoms with van der Waals surface area (Å²) in [5.41, 5.74) is 1.00. The maximum absolute atomic E-state index is 12.4. The molecule has 0 atom stereocenters. The number of rotatable bonds is 4. The number of halogens is 3. The van der Waals surface area contributed by atoms with E-state index in [4.69, 9.17) is 0 Å². The fourth-order valence-electron chi connectivity index (χ4n) is 2.29. The van der Waals surface area contributed by atoms with Crippen molar-refractivity contribution in [3.8, 4) is 5.88 Å². The van der Waals surface area contributed by atoms with E-state index in [-0.39, 0.29) is 23.9 Å². The first-order valence-corrected chi connectivity index (χ1v) is 8.30. The van der Waals surface area contributed by atoms with Crippen molar-refractivity contribution in [2.24, 2.45) is 0 Å². The van der Waals surface area contributed by atoms with Crippen LogP contribution in [0.2, 0.25) is 0 Å². The molecule has 2 heterocycles. The monoisotopic (exact) mass is 359 g/mol. The normalized spacial score (nSPS) is 16.8. The first-order chi connectivity index (χ1) is 11.3. The molecule has 0 saturated heterocycles. The van der Waals surface area contributed by atoms with Gasteiger partial charge in [-0.2, -0.15) is 22.6 Å². The Morgan fingerprint density at radius 1 is 1.12 bits per heavy atom. The van der Waals surface area contributed by atoms with E-state index in [0.29, 0.717) is 11.3 Å². The summed E-state index contributed by atoms with van der Waals surface area (Å²) in [6.45, 7) is -1.27.